The summed E-state index contributed by atoms with van der Waals surface area (Å²) in [5, 5.41) is 0. The van der Waals surface area contributed by atoms with Gasteiger partial charge in [0.2, 0.25) is 15.9 Å². The highest BCUT2D eigenvalue weighted by Crippen LogP contribution is 2.10. The van der Waals surface area contributed by atoms with Crippen molar-refractivity contribution in [1.29, 1.82) is 0 Å². The molecule has 1 rings (SSSR count). The van der Waals surface area contributed by atoms with Crippen LogP contribution in [0.3, 0.4) is 0 Å². The van der Waals surface area contributed by atoms with Gasteiger partial charge in [-0.3, -0.25) is 4.79 Å². The summed E-state index contributed by atoms with van der Waals surface area (Å²) >= 11 is 0. The first-order chi connectivity index (χ1) is 7.90. The highest BCUT2D eigenvalue weighted by Gasteiger charge is 2.23. The van der Waals surface area contributed by atoms with Gasteiger partial charge in [0, 0.05) is 19.6 Å². The maximum Gasteiger partial charge on any atom is 0.239 e. The molecule has 0 aromatic rings. The number of nitrogens with zero attached hydrogens (tertiary/aromatic N) is 1. The molecule has 1 heterocycles. The first kappa shape index (κ1) is 17.6. The second kappa shape index (κ2) is 7.93. The topological polar surface area (TPSA) is 92.5 Å². The molecule has 1 saturated heterocycles. The zero-order valence-corrected chi connectivity index (χ0v) is 12.2. The van der Waals surface area contributed by atoms with Crippen molar-refractivity contribution in [2.75, 3.05) is 25.9 Å². The summed E-state index contributed by atoms with van der Waals surface area (Å²) in [6, 6.07) is -0.505. The van der Waals surface area contributed by atoms with E-state index in [0.717, 1.165) is 32.2 Å². The normalized spacial score (nSPS) is 17.3. The Morgan fingerprint density at radius 1 is 1.39 bits per heavy atom. The molecule has 6 nitrogen and oxygen atoms in total. The third-order valence-electron chi connectivity index (χ3n) is 2.79. The van der Waals surface area contributed by atoms with E-state index in [4.69, 9.17) is 5.73 Å². The van der Waals surface area contributed by atoms with Crippen molar-refractivity contribution in [3.05, 3.63) is 0 Å². The van der Waals surface area contributed by atoms with Gasteiger partial charge in [-0.2, -0.15) is 0 Å². The molecule has 0 bridgehead atoms. The minimum Gasteiger partial charge on any atom is -0.341 e. The second-order valence-corrected chi connectivity index (χ2v) is 6.28. The van der Waals surface area contributed by atoms with E-state index in [0.29, 0.717) is 19.4 Å². The average molecular weight is 300 g/mol. The van der Waals surface area contributed by atoms with E-state index >= 15 is 0 Å². The Kier molecular flexibility index (Phi) is 7.77. The van der Waals surface area contributed by atoms with E-state index in [1.807, 2.05) is 0 Å². The van der Waals surface area contributed by atoms with Gasteiger partial charge in [-0.25, -0.2) is 13.1 Å². The molecule has 0 aromatic heterocycles. The van der Waals surface area contributed by atoms with Crippen LogP contribution >= 0.6 is 12.4 Å². The van der Waals surface area contributed by atoms with Gasteiger partial charge in [0.25, 0.3) is 0 Å². The number of nitrogens with one attached hydrogen (secondary N) is 1. The number of hydrogen-bond acceptors (Lipinski definition) is 4. The fourth-order valence-electron chi connectivity index (χ4n) is 1.88. The van der Waals surface area contributed by atoms with Crippen LogP contribution in [0.15, 0.2) is 0 Å². The molecule has 8 heteroatoms. The Morgan fingerprint density at radius 2 is 1.94 bits per heavy atom. The number of nitrogens with two attached hydrogens (primary N) is 1. The summed E-state index contributed by atoms with van der Waals surface area (Å²) in [5.74, 6) is -0.0122. The molecule has 0 aliphatic carbocycles. The predicted octanol–water partition coefficient (Wildman–Crippen LogP) is -0.313. The maximum absolute atomic E-state index is 11.8. The first-order valence-corrected chi connectivity index (χ1v) is 7.78. The molecule has 0 radical (unpaired) electrons. The fourth-order valence-corrected chi connectivity index (χ4v) is 2.39. The Balaban J connectivity index is 0.00000289. The van der Waals surface area contributed by atoms with Gasteiger partial charge in [0.1, 0.15) is 0 Å². The number of hydrogen-bond donors (Lipinski definition) is 2. The molecule has 18 heavy (non-hydrogen) atoms. The minimum absolute atomic E-state index is 0. The number of rotatable bonds is 6. The van der Waals surface area contributed by atoms with Crippen LogP contribution in [0.2, 0.25) is 0 Å². The van der Waals surface area contributed by atoms with Crippen LogP contribution in [-0.2, 0) is 14.8 Å². The lowest BCUT2D eigenvalue weighted by Gasteiger charge is -2.20. The molecule has 1 aliphatic rings. The molecular formula is C10H22ClN3O3S. The molecule has 108 valence electrons. The van der Waals surface area contributed by atoms with Gasteiger partial charge in [-0.05, 0) is 25.7 Å². The number of likely N-dealkylation sites (tertiary alicyclic amines) is 1. The molecular weight excluding hydrogens is 278 g/mol. The Labute approximate surface area is 115 Å². The quantitative estimate of drug-likeness (QED) is 0.658. The van der Waals surface area contributed by atoms with Gasteiger partial charge in [0.05, 0.1) is 12.3 Å². The van der Waals surface area contributed by atoms with E-state index in [2.05, 4.69) is 4.72 Å². The van der Waals surface area contributed by atoms with Gasteiger partial charge < -0.3 is 10.6 Å². The largest absolute Gasteiger partial charge is 0.341 e. The first-order valence-electron chi connectivity index (χ1n) is 5.89. The third kappa shape index (κ3) is 6.53. The SMILES string of the molecule is CS(=O)(=O)NCCC[C@H](N)C(=O)N1CCCC1.Cl. The zero-order valence-electron chi connectivity index (χ0n) is 10.6. The van der Waals surface area contributed by atoms with Crippen LogP contribution in [0.4, 0.5) is 0 Å². The average Bonchev–Trinajstić information content (AvgIpc) is 2.74. The van der Waals surface area contributed by atoms with Gasteiger partial charge in [-0.15, -0.1) is 12.4 Å². The fraction of sp³-hybridized carbons (Fsp3) is 0.900. The number of halogens is 1. The molecule has 1 fully saturated rings. The van der Waals surface area contributed by atoms with Crippen LogP contribution in [0, 0.1) is 0 Å². The molecule has 3 N–H and O–H groups in total. The van der Waals surface area contributed by atoms with Crippen molar-refractivity contribution >= 4 is 28.3 Å². The van der Waals surface area contributed by atoms with Crippen molar-refractivity contribution in [2.45, 2.75) is 31.7 Å². The van der Waals surface area contributed by atoms with Crippen molar-refractivity contribution in [2.24, 2.45) is 5.73 Å². The lowest BCUT2D eigenvalue weighted by molar-refractivity contribution is -0.131. The molecule has 1 amide bonds. The van der Waals surface area contributed by atoms with Crippen molar-refractivity contribution in [3.63, 3.8) is 0 Å². The van der Waals surface area contributed by atoms with E-state index in [-0.39, 0.29) is 18.3 Å². The van der Waals surface area contributed by atoms with Crippen LogP contribution in [0.25, 0.3) is 0 Å². The van der Waals surface area contributed by atoms with E-state index in [9.17, 15) is 13.2 Å². The van der Waals surface area contributed by atoms with Crippen LogP contribution in [-0.4, -0.2) is 51.2 Å². The van der Waals surface area contributed by atoms with E-state index in [1.165, 1.54) is 0 Å². The predicted molar refractivity (Wildman–Crippen MR) is 73.1 cm³/mol. The van der Waals surface area contributed by atoms with Crippen molar-refractivity contribution in [1.82, 2.24) is 9.62 Å². The number of carbonyl (C=O) groups is 1. The molecule has 0 aromatic carbocycles. The second-order valence-electron chi connectivity index (χ2n) is 4.45. The van der Waals surface area contributed by atoms with Crippen LogP contribution in [0.5, 0.6) is 0 Å². The lowest BCUT2D eigenvalue weighted by Crippen LogP contribution is -2.42. The van der Waals surface area contributed by atoms with Crippen LogP contribution in [0.1, 0.15) is 25.7 Å². The highest BCUT2D eigenvalue weighted by molar-refractivity contribution is 7.88. The Bertz CT molecular complexity index is 355. The van der Waals surface area contributed by atoms with Gasteiger partial charge in [0.15, 0.2) is 0 Å². The Morgan fingerprint density at radius 3 is 2.44 bits per heavy atom. The minimum atomic E-state index is -3.14. The summed E-state index contributed by atoms with van der Waals surface area (Å²) in [5.41, 5.74) is 5.78. The van der Waals surface area contributed by atoms with Crippen molar-refractivity contribution < 1.29 is 13.2 Å². The van der Waals surface area contributed by atoms with E-state index in [1.54, 1.807) is 4.90 Å². The standard InChI is InChI=1S/C10H21N3O3S.ClH/c1-17(15,16)12-6-4-5-9(11)10(14)13-7-2-3-8-13;/h9,12H,2-8,11H2,1H3;1H/t9-;/m0./s1. The summed E-state index contributed by atoms with van der Waals surface area (Å²) in [7, 11) is -3.14. The smallest absolute Gasteiger partial charge is 0.239 e. The summed E-state index contributed by atoms with van der Waals surface area (Å²) in [4.78, 5) is 13.6. The van der Waals surface area contributed by atoms with E-state index < -0.39 is 16.1 Å². The molecule has 0 saturated carbocycles. The highest BCUT2D eigenvalue weighted by atomic mass is 35.5. The molecule has 0 unspecified atom stereocenters. The van der Waals surface area contributed by atoms with Crippen molar-refractivity contribution in [3.8, 4) is 0 Å². The summed E-state index contributed by atoms with van der Waals surface area (Å²) in [6.07, 6.45) is 4.30. The summed E-state index contributed by atoms with van der Waals surface area (Å²) < 4.78 is 24.0. The maximum atomic E-state index is 11.8. The summed E-state index contributed by atoms with van der Waals surface area (Å²) in [6.45, 7) is 1.93. The lowest BCUT2D eigenvalue weighted by atomic mass is 10.1. The number of carbonyl (C=O) groups excluding carboxylic acids is 1. The zero-order chi connectivity index (χ0) is 12.9. The monoisotopic (exact) mass is 299 g/mol. The molecule has 1 atom stereocenters. The molecule has 0 spiro atoms. The van der Waals surface area contributed by atoms with Gasteiger partial charge >= 0.3 is 0 Å². The Hall–Kier alpha value is -0.370. The van der Waals surface area contributed by atoms with Gasteiger partial charge in [-0.1, -0.05) is 0 Å². The number of amides is 1. The number of sulfonamides is 1. The van der Waals surface area contributed by atoms with Crippen LogP contribution < -0.4 is 10.5 Å². The molecule has 1 aliphatic heterocycles. The third-order valence-corrected chi connectivity index (χ3v) is 3.52.